The van der Waals surface area contributed by atoms with E-state index in [4.69, 9.17) is 0 Å². The van der Waals surface area contributed by atoms with Gasteiger partial charge in [-0.1, -0.05) is 0 Å². The number of H-pyrrole nitrogens is 1. The number of piperazine rings is 1. The van der Waals surface area contributed by atoms with Crippen LogP contribution in [0, 0.1) is 11.2 Å². The molecule has 2 atom stereocenters. The average molecular weight is 678 g/mol. The molecule has 2 aromatic carbocycles. The number of anilines is 1. The van der Waals surface area contributed by atoms with Crippen molar-refractivity contribution in [2.75, 3.05) is 51.6 Å². The number of carbonyl (C=O) groups excluding carboxylic acids is 3. The number of nitrogens with zero attached hydrogens (tertiary/aromatic N) is 7. The molecule has 0 spiro atoms. The number of rotatable bonds is 10. The van der Waals surface area contributed by atoms with Gasteiger partial charge in [-0.15, -0.1) is 0 Å². The third kappa shape index (κ3) is 7.37. The average Bonchev–Trinajstić information content (AvgIpc) is 3.74. The van der Waals surface area contributed by atoms with Gasteiger partial charge in [0, 0.05) is 86.6 Å². The molecular formula is C37H40FN9O3. The monoisotopic (exact) mass is 677 g/mol. The molecule has 258 valence electrons. The second-order valence-corrected chi connectivity index (χ2v) is 12.7. The molecule has 50 heavy (non-hydrogen) atoms. The van der Waals surface area contributed by atoms with Crippen LogP contribution >= 0.6 is 0 Å². The Morgan fingerprint density at radius 1 is 1.10 bits per heavy atom. The van der Waals surface area contributed by atoms with E-state index in [1.807, 2.05) is 35.1 Å². The molecule has 2 aliphatic rings. The number of likely N-dealkylation sites (tertiary alicyclic amines) is 1. The van der Waals surface area contributed by atoms with Gasteiger partial charge in [0.25, 0.3) is 0 Å². The van der Waals surface area contributed by atoms with Crippen molar-refractivity contribution >= 4 is 46.0 Å². The number of benzene rings is 2. The third-order valence-corrected chi connectivity index (χ3v) is 9.40. The number of halogens is 1. The van der Waals surface area contributed by atoms with Crippen LogP contribution in [0.1, 0.15) is 26.1 Å². The fourth-order valence-corrected chi connectivity index (χ4v) is 6.63. The first kappa shape index (κ1) is 34.3. The Morgan fingerprint density at radius 3 is 2.60 bits per heavy atom. The highest BCUT2D eigenvalue weighted by Gasteiger charge is 2.49. The van der Waals surface area contributed by atoms with Gasteiger partial charge in [0.1, 0.15) is 17.0 Å². The predicted molar refractivity (Wildman–Crippen MR) is 191 cm³/mol. The molecule has 2 saturated heterocycles. The van der Waals surface area contributed by atoms with Gasteiger partial charge >= 0.3 is 0 Å². The molecule has 0 radical (unpaired) electrons. The smallest absolute Gasteiger partial charge is 0.239 e. The fraction of sp³-hybridized carbons (Fsp3) is 0.324. The fourth-order valence-electron chi connectivity index (χ4n) is 6.63. The van der Waals surface area contributed by atoms with E-state index in [1.54, 1.807) is 62.1 Å². The van der Waals surface area contributed by atoms with Crippen molar-refractivity contribution in [2.45, 2.75) is 26.3 Å². The molecule has 0 saturated carbocycles. The van der Waals surface area contributed by atoms with Gasteiger partial charge in [-0.3, -0.25) is 29.4 Å². The number of amides is 2. The normalized spacial score (nSPS) is 20.3. The Morgan fingerprint density at radius 2 is 1.88 bits per heavy atom. The molecule has 0 bridgehead atoms. The van der Waals surface area contributed by atoms with Gasteiger partial charge in [0.05, 0.1) is 17.8 Å². The maximum atomic E-state index is 13.8. The molecule has 2 aliphatic heterocycles. The Kier molecular flexibility index (Phi) is 10.2. The molecule has 6 rings (SSSR count). The van der Waals surface area contributed by atoms with Gasteiger partial charge in [-0.05, 0) is 87.2 Å². The number of ketones is 1. The second kappa shape index (κ2) is 14.9. The third-order valence-electron chi connectivity index (χ3n) is 9.40. The first-order valence-corrected chi connectivity index (χ1v) is 16.6. The predicted octanol–water partition coefficient (Wildman–Crippen LogP) is 4.21. The van der Waals surface area contributed by atoms with Crippen LogP contribution in [0.5, 0.6) is 0 Å². The lowest BCUT2D eigenvalue weighted by molar-refractivity contribution is -0.139. The molecule has 2 fully saturated rings. The van der Waals surface area contributed by atoms with Gasteiger partial charge in [-0.25, -0.2) is 14.4 Å². The Hall–Kier alpha value is -5.56. The molecule has 4 aromatic rings. The number of aromatic amines is 1. The second-order valence-electron chi connectivity index (χ2n) is 12.7. The summed E-state index contributed by atoms with van der Waals surface area (Å²) in [6.45, 7) is 6.09. The lowest BCUT2D eigenvalue weighted by Crippen LogP contribution is -2.54. The summed E-state index contributed by atoms with van der Waals surface area (Å²) in [5.74, 6) is -0.419. The lowest BCUT2D eigenvalue weighted by Gasteiger charge is -2.40. The largest absolute Gasteiger partial charge is 0.374 e. The Labute approximate surface area is 289 Å². The van der Waals surface area contributed by atoms with Crippen LogP contribution < -0.4 is 5.32 Å². The minimum Gasteiger partial charge on any atom is -0.374 e. The maximum absolute atomic E-state index is 13.8. The zero-order chi connectivity index (χ0) is 35.3. The van der Waals surface area contributed by atoms with E-state index in [2.05, 4.69) is 35.4 Å². The summed E-state index contributed by atoms with van der Waals surface area (Å²) in [4.78, 5) is 59.0. The molecule has 1 unspecified atom stereocenters. The molecule has 2 N–H and O–H groups in total. The van der Waals surface area contributed by atoms with Crippen molar-refractivity contribution in [1.29, 1.82) is 0 Å². The molecule has 4 heterocycles. The van der Waals surface area contributed by atoms with E-state index >= 15 is 0 Å². The molecule has 2 amide bonds. The lowest BCUT2D eigenvalue weighted by atomic mass is 9.82. The van der Waals surface area contributed by atoms with Crippen LogP contribution in [0.2, 0.25) is 0 Å². The number of hydrogen-bond acceptors (Lipinski definition) is 9. The summed E-state index contributed by atoms with van der Waals surface area (Å²) in [7, 11) is 1.70. The summed E-state index contributed by atoms with van der Waals surface area (Å²) >= 11 is 0. The minimum absolute atomic E-state index is 0.0258. The Balaban J connectivity index is 1.06. The van der Waals surface area contributed by atoms with Crippen molar-refractivity contribution in [2.24, 2.45) is 10.4 Å². The van der Waals surface area contributed by atoms with Crippen LogP contribution in [-0.4, -0.2) is 111 Å². The Bertz CT molecular complexity index is 1960. The first-order valence-electron chi connectivity index (χ1n) is 16.6. The van der Waals surface area contributed by atoms with Crippen molar-refractivity contribution in [3.05, 3.63) is 90.9 Å². The summed E-state index contributed by atoms with van der Waals surface area (Å²) in [6, 6.07) is 13.1. The highest BCUT2D eigenvalue weighted by atomic mass is 19.1. The van der Waals surface area contributed by atoms with Crippen LogP contribution in [0.25, 0.3) is 27.7 Å². The van der Waals surface area contributed by atoms with E-state index in [0.717, 1.165) is 22.0 Å². The summed E-state index contributed by atoms with van der Waals surface area (Å²) < 4.78 is 13.5. The molecule has 2 aromatic heterocycles. The number of aliphatic imine (C=N–C) groups is 1. The molecular weight excluding hydrogens is 637 g/mol. The van der Waals surface area contributed by atoms with Crippen LogP contribution in [0.4, 0.5) is 10.1 Å². The van der Waals surface area contributed by atoms with Crippen LogP contribution in [-0.2, 0) is 14.4 Å². The topological polar surface area (TPSA) is 140 Å². The molecule has 13 heteroatoms. The number of carbonyl (C=O) groups is 3. The number of fused-ring (bicyclic) bond motifs is 1. The zero-order valence-electron chi connectivity index (χ0n) is 28.3. The van der Waals surface area contributed by atoms with E-state index in [9.17, 15) is 18.8 Å². The van der Waals surface area contributed by atoms with Crippen molar-refractivity contribution in [3.8, 4) is 11.3 Å². The van der Waals surface area contributed by atoms with E-state index in [-0.39, 0.29) is 36.6 Å². The van der Waals surface area contributed by atoms with Gasteiger partial charge in [-0.2, -0.15) is 5.10 Å². The van der Waals surface area contributed by atoms with Crippen molar-refractivity contribution in [3.63, 3.8) is 0 Å². The highest BCUT2D eigenvalue weighted by Crippen LogP contribution is 2.35. The van der Waals surface area contributed by atoms with E-state index in [0.29, 0.717) is 49.8 Å². The summed E-state index contributed by atoms with van der Waals surface area (Å²) in [6.07, 6.45) is 11.3. The molecule has 12 nitrogen and oxygen atoms in total. The highest BCUT2D eigenvalue weighted by molar-refractivity contribution is 6.12. The summed E-state index contributed by atoms with van der Waals surface area (Å²) in [5, 5.41) is 11.1. The number of Topliss-reactive ketones (excluding diaryl/α,β-unsaturated/α-hetero) is 1. The van der Waals surface area contributed by atoms with Crippen molar-refractivity contribution < 1.29 is 18.8 Å². The first-order chi connectivity index (χ1) is 24.2. The minimum atomic E-state index is -1.28. The van der Waals surface area contributed by atoms with Crippen LogP contribution in [0.3, 0.4) is 0 Å². The van der Waals surface area contributed by atoms with E-state index < -0.39 is 11.3 Å². The number of allylic oxidation sites excluding steroid dienone is 3. The molecule has 0 aliphatic carbocycles. The maximum Gasteiger partial charge on any atom is 0.239 e. The SMILES string of the molecule is CN=C/C(=C\C=C\N1CCN(C(=O)CN2CCC(C(C)=O)(C(=O)Nc3ccc4[nH]nc(-c5ccc(F)cc5)c4c3)C2)[C@H](C)C1)c1ncccn1. The van der Waals surface area contributed by atoms with Crippen LogP contribution in [0.15, 0.2) is 84.3 Å². The van der Waals surface area contributed by atoms with Crippen molar-refractivity contribution in [1.82, 2.24) is 34.9 Å². The zero-order valence-corrected chi connectivity index (χ0v) is 28.3. The number of hydrogen-bond donors (Lipinski definition) is 2. The van der Waals surface area contributed by atoms with Gasteiger partial charge in [0.15, 0.2) is 5.82 Å². The summed E-state index contributed by atoms with van der Waals surface area (Å²) in [5.41, 5.74) is 2.14. The van der Waals surface area contributed by atoms with Gasteiger partial charge in [0.2, 0.25) is 11.8 Å². The van der Waals surface area contributed by atoms with E-state index in [1.165, 1.54) is 19.1 Å². The standard InChI is InChI=1S/C37H40FN9O3/c1-25-22-45(16-4-6-28(21-39-3)35-40-14-5-15-41-35)18-19-47(25)33(49)23-46-17-13-37(24-46,26(2)48)36(50)42-30-11-12-32-31(20-30)34(44-43-32)27-7-9-29(38)10-8-27/h4-12,14-16,20-21,25H,13,17-19,22-24H2,1-3H3,(H,42,50)(H,43,44)/b16-4+,28-6+,39-21?/t25-,37?/m1/s1. The number of nitrogens with one attached hydrogen (secondary N) is 2. The van der Waals surface area contributed by atoms with Gasteiger partial charge < -0.3 is 15.1 Å². The number of aromatic nitrogens is 4. The quantitative estimate of drug-likeness (QED) is 0.145.